The molecule has 2 aromatic carbocycles. The summed E-state index contributed by atoms with van der Waals surface area (Å²) in [5, 5.41) is 4.84. The molecule has 0 atom stereocenters. The van der Waals surface area contributed by atoms with Gasteiger partial charge in [0.25, 0.3) is 5.91 Å². The van der Waals surface area contributed by atoms with Gasteiger partial charge in [0.05, 0.1) is 12.1 Å². The van der Waals surface area contributed by atoms with Crippen molar-refractivity contribution in [2.24, 2.45) is 0 Å². The van der Waals surface area contributed by atoms with Crippen LogP contribution in [0.5, 0.6) is 5.75 Å². The van der Waals surface area contributed by atoms with Crippen molar-refractivity contribution in [1.82, 2.24) is 15.2 Å². The average molecular weight is 549 g/mol. The van der Waals surface area contributed by atoms with Gasteiger partial charge in [-0.1, -0.05) is 35.9 Å². The van der Waals surface area contributed by atoms with Gasteiger partial charge in [-0.2, -0.15) is 0 Å². The van der Waals surface area contributed by atoms with Crippen LogP contribution < -0.4 is 15.8 Å². The van der Waals surface area contributed by atoms with Crippen LogP contribution in [0.25, 0.3) is 21.2 Å². The summed E-state index contributed by atoms with van der Waals surface area (Å²) in [6.07, 6.45) is 3.90. The number of carbonyl (C=O) groups is 1. The van der Waals surface area contributed by atoms with Crippen LogP contribution in [-0.4, -0.2) is 42.0 Å². The SMILES string of the molecule is CNC1CCC(N(Cc2cc(-c3ccc(C)nc3N)ccc2OC)C(=O)c2sc3ccccc3c2Cl)CC1. The zero-order chi connectivity index (χ0) is 26.8. The lowest BCUT2D eigenvalue weighted by atomic mass is 9.89. The third-order valence-corrected chi connectivity index (χ3v) is 9.20. The number of rotatable bonds is 7. The lowest BCUT2D eigenvalue weighted by Gasteiger charge is -2.37. The van der Waals surface area contributed by atoms with Gasteiger partial charge in [-0.05, 0) is 75.5 Å². The number of benzene rings is 2. The van der Waals surface area contributed by atoms with Crippen molar-refractivity contribution in [3.63, 3.8) is 0 Å². The van der Waals surface area contributed by atoms with E-state index in [1.807, 2.05) is 67.4 Å². The molecule has 1 aliphatic rings. The van der Waals surface area contributed by atoms with E-state index >= 15 is 0 Å². The topological polar surface area (TPSA) is 80.5 Å². The summed E-state index contributed by atoms with van der Waals surface area (Å²) in [6, 6.07) is 18.4. The molecule has 4 aromatic rings. The van der Waals surface area contributed by atoms with E-state index in [4.69, 9.17) is 22.1 Å². The molecule has 0 aliphatic heterocycles. The fraction of sp³-hybridized carbons (Fsp3) is 0.333. The van der Waals surface area contributed by atoms with Crippen molar-refractivity contribution in [2.45, 2.75) is 51.2 Å². The molecule has 0 bridgehead atoms. The number of hydrogen-bond acceptors (Lipinski definition) is 6. The molecule has 0 unspecified atom stereocenters. The highest BCUT2D eigenvalue weighted by atomic mass is 35.5. The van der Waals surface area contributed by atoms with Crippen molar-refractivity contribution in [3.05, 3.63) is 75.8 Å². The molecule has 0 radical (unpaired) electrons. The molecule has 6 nitrogen and oxygen atoms in total. The molecule has 8 heteroatoms. The second kappa shape index (κ2) is 11.3. The van der Waals surface area contributed by atoms with Crippen molar-refractivity contribution in [1.29, 1.82) is 0 Å². The first-order chi connectivity index (χ1) is 18.4. The van der Waals surface area contributed by atoms with Gasteiger partial charge < -0.3 is 20.7 Å². The predicted molar refractivity (Wildman–Crippen MR) is 157 cm³/mol. The summed E-state index contributed by atoms with van der Waals surface area (Å²) in [7, 11) is 3.67. The van der Waals surface area contributed by atoms with E-state index in [1.165, 1.54) is 11.3 Å². The number of nitrogens with one attached hydrogen (secondary N) is 1. The maximum atomic E-state index is 14.2. The maximum absolute atomic E-state index is 14.2. The van der Waals surface area contributed by atoms with Gasteiger partial charge in [0.2, 0.25) is 0 Å². The fourth-order valence-corrected chi connectivity index (χ4v) is 6.87. The van der Waals surface area contributed by atoms with E-state index in [1.54, 1.807) is 7.11 Å². The summed E-state index contributed by atoms with van der Waals surface area (Å²) < 4.78 is 6.76. The molecule has 3 N–H and O–H groups in total. The molecule has 1 aliphatic carbocycles. The molecule has 1 saturated carbocycles. The van der Waals surface area contributed by atoms with Crippen molar-refractivity contribution < 1.29 is 9.53 Å². The molecule has 0 spiro atoms. The Morgan fingerprint density at radius 1 is 1.16 bits per heavy atom. The van der Waals surface area contributed by atoms with E-state index in [0.29, 0.717) is 28.3 Å². The fourth-order valence-electron chi connectivity index (χ4n) is 5.40. The van der Waals surface area contributed by atoms with E-state index in [0.717, 1.165) is 63.9 Å². The van der Waals surface area contributed by atoms with Crippen LogP contribution in [0.4, 0.5) is 5.82 Å². The Kier molecular flexibility index (Phi) is 7.88. The molecule has 198 valence electrons. The standard InChI is InChI=1S/C30H33ClN4O2S/c1-18-8-14-23(29(32)34-18)19-9-15-25(37-3)20(16-19)17-35(22-12-10-21(33-2)11-13-22)30(36)28-27(31)24-6-4-5-7-26(24)38-28/h4-9,14-16,21-22,33H,10-13,17H2,1-3H3,(H2,32,34). The Morgan fingerprint density at radius 3 is 2.61 bits per heavy atom. The van der Waals surface area contributed by atoms with E-state index < -0.39 is 0 Å². The number of nitrogens with two attached hydrogens (primary N) is 1. The van der Waals surface area contributed by atoms with Gasteiger partial charge in [-0.3, -0.25) is 4.79 Å². The highest BCUT2D eigenvalue weighted by Gasteiger charge is 2.32. The minimum atomic E-state index is -0.0342. The molecular formula is C30H33ClN4O2S. The number of pyridine rings is 1. The van der Waals surface area contributed by atoms with Crippen molar-refractivity contribution in [3.8, 4) is 16.9 Å². The number of halogens is 1. The lowest BCUT2D eigenvalue weighted by Crippen LogP contribution is -2.44. The van der Waals surface area contributed by atoms with Crippen molar-refractivity contribution >= 4 is 44.7 Å². The van der Waals surface area contributed by atoms with Crippen molar-refractivity contribution in [2.75, 3.05) is 19.9 Å². The lowest BCUT2D eigenvalue weighted by molar-refractivity contribution is 0.0604. The minimum absolute atomic E-state index is 0.0342. The average Bonchev–Trinajstić information content (AvgIpc) is 3.28. The summed E-state index contributed by atoms with van der Waals surface area (Å²) >= 11 is 8.25. The smallest absolute Gasteiger partial charge is 0.266 e. The third kappa shape index (κ3) is 5.23. The number of fused-ring (bicyclic) bond motifs is 1. The molecular weight excluding hydrogens is 516 g/mol. The van der Waals surface area contributed by atoms with Gasteiger partial charge in [0.15, 0.2) is 0 Å². The second-order valence-corrected chi connectivity index (χ2v) is 11.3. The van der Waals surface area contributed by atoms with Crippen LogP contribution in [0.15, 0.2) is 54.6 Å². The number of thiophene rings is 1. The van der Waals surface area contributed by atoms with Gasteiger partial charge >= 0.3 is 0 Å². The minimum Gasteiger partial charge on any atom is -0.496 e. The number of nitrogens with zero attached hydrogens (tertiary/aromatic N) is 2. The summed E-state index contributed by atoms with van der Waals surface area (Å²) in [5.41, 5.74) is 9.86. The van der Waals surface area contributed by atoms with Crippen LogP contribution in [0.3, 0.4) is 0 Å². The quantitative estimate of drug-likeness (QED) is 0.269. The Balaban J connectivity index is 1.54. The number of nitrogen functional groups attached to an aromatic ring is 1. The van der Waals surface area contributed by atoms with Gasteiger partial charge in [-0.25, -0.2) is 4.98 Å². The molecule has 38 heavy (non-hydrogen) atoms. The Morgan fingerprint density at radius 2 is 1.92 bits per heavy atom. The Bertz CT molecular complexity index is 1460. The first-order valence-electron chi connectivity index (χ1n) is 12.9. The number of aryl methyl sites for hydroxylation is 1. The summed E-state index contributed by atoms with van der Waals surface area (Å²) in [5.74, 6) is 1.18. The molecule has 1 amide bonds. The maximum Gasteiger partial charge on any atom is 0.266 e. The molecule has 0 saturated heterocycles. The zero-order valence-electron chi connectivity index (χ0n) is 22.0. The molecule has 2 aromatic heterocycles. The van der Waals surface area contributed by atoms with E-state index in [9.17, 15) is 4.79 Å². The number of aromatic nitrogens is 1. The van der Waals surface area contributed by atoms with Crippen LogP contribution in [0, 0.1) is 6.92 Å². The van der Waals surface area contributed by atoms with Gasteiger partial charge in [0, 0.05) is 45.5 Å². The van der Waals surface area contributed by atoms with Gasteiger partial charge in [0.1, 0.15) is 16.4 Å². The second-order valence-electron chi connectivity index (χ2n) is 9.88. The Labute approximate surface area is 232 Å². The normalized spacial score (nSPS) is 17.5. The number of anilines is 1. The highest BCUT2D eigenvalue weighted by molar-refractivity contribution is 7.21. The number of carbonyl (C=O) groups excluding carboxylic acids is 1. The third-order valence-electron chi connectivity index (χ3n) is 7.53. The highest BCUT2D eigenvalue weighted by Crippen LogP contribution is 2.38. The number of methoxy groups -OCH3 is 1. The molecule has 5 rings (SSSR count). The number of hydrogen-bond donors (Lipinski definition) is 2. The molecule has 1 fully saturated rings. The van der Waals surface area contributed by atoms with Crippen LogP contribution in [0.2, 0.25) is 5.02 Å². The summed E-state index contributed by atoms with van der Waals surface area (Å²) in [6.45, 7) is 2.33. The first kappa shape index (κ1) is 26.5. The molecule has 2 heterocycles. The Hall–Kier alpha value is -3.13. The van der Waals surface area contributed by atoms with Crippen LogP contribution in [-0.2, 0) is 6.54 Å². The number of ether oxygens (including phenoxy) is 1. The van der Waals surface area contributed by atoms with Crippen LogP contribution in [0.1, 0.15) is 46.6 Å². The van der Waals surface area contributed by atoms with E-state index in [2.05, 4.69) is 16.4 Å². The number of amides is 1. The summed E-state index contributed by atoms with van der Waals surface area (Å²) in [4.78, 5) is 21.2. The zero-order valence-corrected chi connectivity index (χ0v) is 23.5. The van der Waals surface area contributed by atoms with Crippen LogP contribution >= 0.6 is 22.9 Å². The first-order valence-corrected chi connectivity index (χ1v) is 14.1. The van der Waals surface area contributed by atoms with Gasteiger partial charge in [-0.15, -0.1) is 11.3 Å². The van der Waals surface area contributed by atoms with E-state index in [-0.39, 0.29) is 11.9 Å². The monoisotopic (exact) mass is 548 g/mol. The predicted octanol–water partition coefficient (Wildman–Crippen LogP) is 6.69. The largest absolute Gasteiger partial charge is 0.496 e.